The van der Waals surface area contributed by atoms with Gasteiger partial charge in [0.1, 0.15) is 11.2 Å². The maximum absolute atomic E-state index is 6.86. The molecule has 0 aliphatic heterocycles. The van der Waals surface area contributed by atoms with E-state index in [2.05, 4.69) is 144 Å². The minimum Gasteiger partial charge on any atom is -0.455 e. The Bertz CT molecular complexity index is 3170. The Morgan fingerprint density at radius 1 is 0.339 bits per heavy atom. The van der Waals surface area contributed by atoms with Crippen molar-refractivity contribution in [3.8, 4) is 62.1 Å². The van der Waals surface area contributed by atoms with Gasteiger partial charge < -0.3 is 8.98 Å². The minimum atomic E-state index is 0.550. The van der Waals surface area contributed by atoms with Crippen molar-refractivity contribution in [1.29, 1.82) is 0 Å². The molecule has 262 valence electrons. The van der Waals surface area contributed by atoms with Gasteiger partial charge in [0.2, 0.25) is 0 Å². The van der Waals surface area contributed by atoms with E-state index in [4.69, 9.17) is 19.4 Å². The van der Waals surface area contributed by atoms with Gasteiger partial charge in [-0.15, -0.1) is 0 Å². The minimum absolute atomic E-state index is 0.550. The van der Waals surface area contributed by atoms with Crippen LogP contribution in [0.15, 0.2) is 199 Å². The second-order valence-electron chi connectivity index (χ2n) is 14.0. The molecule has 11 rings (SSSR count). The lowest BCUT2D eigenvalue weighted by Crippen LogP contribution is -2.00. The van der Waals surface area contributed by atoms with Crippen LogP contribution in [-0.2, 0) is 0 Å². The summed E-state index contributed by atoms with van der Waals surface area (Å²) in [7, 11) is 0. The topological polar surface area (TPSA) is 56.7 Å². The summed E-state index contributed by atoms with van der Waals surface area (Å²) >= 11 is 0. The SMILES string of the molecule is c1ccc(-c2cc(-c3ccccc3)cc(-c3nc(-c4ccccc4)nc(-c4cccc5c4oc4cc6c(cc45)c4ccccc4n6-c4ccccc4)n3)c2)cc1. The summed E-state index contributed by atoms with van der Waals surface area (Å²) in [5, 5.41) is 4.43. The number of benzene rings is 8. The van der Waals surface area contributed by atoms with E-state index in [0.29, 0.717) is 17.5 Å². The molecule has 0 aliphatic rings. The van der Waals surface area contributed by atoms with Gasteiger partial charge in [0.25, 0.3) is 0 Å². The maximum Gasteiger partial charge on any atom is 0.167 e. The van der Waals surface area contributed by atoms with Crippen molar-refractivity contribution in [2.45, 2.75) is 0 Å². The molecule has 0 radical (unpaired) electrons. The molecule has 0 unspecified atom stereocenters. The van der Waals surface area contributed by atoms with Crippen LogP contribution in [0.4, 0.5) is 0 Å². The second-order valence-corrected chi connectivity index (χ2v) is 14.0. The smallest absolute Gasteiger partial charge is 0.167 e. The lowest BCUT2D eigenvalue weighted by Gasteiger charge is -2.12. The summed E-state index contributed by atoms with van der Waals surface area (Å²) < 4.78 is 9.18. The van der Waals surface area contributed by atoms with E-state index in [1.165, 1.54) is 10.8 Å². The largest absolute Gasteiger partial charge is 0.455 e. The van der Waals surface area contributed by atoms with Crippen molar-refractivity contribution in [2.24, 2.45) is 0 Å². The highest BCUT2D eigenvalue weighted by Crippen LogP contribution is 2.41. The summed E-state index contributed by atoms with van der Waals surface area (Å²) in [6.07, 6.45) is 0. The number of rotatable bonds is 6. The van der Waals surface area contributed by atoms with Gasteiger partial charge in [0, 0.05) is 44.4 Å². The highest BCUT2D eigenvalue weighted by Gasteiger charge is 2.21. The summed E-state index contributed by atoms with van der Waals surface area (Å²) in [5.41, 5.74) is 11.9. The van der Waals surface area contributed by atoms with Crippen molar-refractivity contribution in [1.82, 2.24) is 19.5 Å². The highest BCUT2D eigenvalue weighted by molar-refractivity contribution is 6.18. The molecule has 0 atom stereocenters. The molecular weight excluding hydrogens is 685 g/mol. The predicted molar refractivity (Wildman–Crippen MR) is 229 cm³/mol. The average Bonchev–Trinajstić information content (AvgIpc) is 3.81. The van der Waals surface area contributed by atoms with Crippen molar-refractivity contribution < 1.29 is 4.42 Å². The standard InChI is InChI=1S/C51H32N4O/c1-5-16-33(17-6-1)36-28-37(34-18-7-2-8-19-34)30-38(29-36)50-52-49(35-20-9-3-10-21-35)53-51(54-50)42-26-15-25-41-44-31-43-40-24-13-14-27-45(40)55(39-22-11-4-12-23-39)46(43)32-47(44)56-48(41)42/h1-32H. The first-order chi connectivity index (χ1) is 27.7. The quantitative estimate of drug-likeness (QED) is 0.172. The molecular formula is C51H32N4O. The first-order valence-corrected chi connectivity index (χ1v) is 18.8. The molecule has 0 spiro atoms. The number of nitrogens with zero attached hydrogens (tertiary/aromatic N) is 4. The molecule has 0 aliphatic carbocycles. The van der Waals surface area contributed by atoms with Crippen LogP contribution in [0.25, 0.3) is 106 Å². The fourth-order valence-corrected chi connectivity index (χ4v) is 7.98. The van der Waals surface area contributed by atoms with Gasteiger partial charge in [-0.05, 0) is 70.8 Å². The van der Waals surface area contributed by atoms with Crippen LogP contribution in [-0.4, -0.2) is 19.5 Å². The number of hydrogen-bond acceptors (Lipinski definition) is 4. The van der Waals surface area contributed by atoms with Gasteiger partial charge >= 0.3 is 0 Å². The molecule has 0 saturated heterocycles. The average molecular weight is 717 g/mol. The first-order valence-electron chi connectivity index (χ1n) is 18.8. The van der Waals surface area contributed by atoms with Crippen LogP contribution in [0.2, 0.25) is 0 Å². The molecule has 0 amide bonds. The van der Waals surface area contributed by atoms with Crippen molar-refractivity contribution in [2.75, 3.05) is 0 Å². The summed E-state index contributed by atoms with van der Waals surface area (Å²) in [4.78, 5) is 15.5. The highest BCUT2D eigenvalue weighted by atomic mass is 16.3. The zero-order valence-electron chi connectivity index (χ0n) is 30.2. The number of hydrogen-bond donors (Lipinski definition) is 0. The Hall–Kier alpha value is -7.63. The van der Waals surface area contributed by atoms with E-state index < -0.39 is 0 Å². The van der Waals surface area contributed by atoms with Gasteiger partial charge in [-0.25, -0.2) is 15.0 Å². The van der Waals surface area contributed by atoms with Crippen LogP contribution in [0.1, 0.15) is 0 Å². The van der Waals surface area contributed by atoms with E-state index in [9.17, 15) is 0 Å². The molecule has 3 heterocycles. The lowest BCUT2D eigenvalue weighted by atomic mass is 9.96. The van der Waals surface area contributed by atoms with E-state index >= 15 is 0 Å². The summed E-state index contributed by atoms with van der Waals surface area (Å²) in [5.74, 6) is 1.74. The molecule has 3 aromatic heterocycles. The van der Waals surface area contributed by atoms with Crippen molar-refractivity contribution in [3.63, 3.8) is 0 Å². The Balaban J connectivity index is 1.14. The number of para-hydroxylation sites is 3. The first kappa shape index (κ1) is 31.9. The number of fused-ring (bicyclic) bond motifs is 6. The fourth-order valence-electron chi connectivity index (χ4n) is 7.98. The Labute approximate surface area is 322 Å². The van der Waals surface area contributed by atoms with Gasteiger partial charge in [-0.3, -0.25) is 0 Å². The monoisotopic (exact) mass is 716 g/mol. The van der Waals surface area contributed by atoms with Gasteiger partial charge in [-0.1, -0.05) is 140 Å². The van der Waals surface area contributed by atoms with Gasteiger partial charge in [0.05, 0.1) is 16.6 Å². The third kappa shape index (κ3) is 5.37. The lowest BCUT2D eigenvalue weighted by molar-refractivity contribution is 0.670. The number of aromatic nitrogens is 4. The Morgan fingerprint density at radius 3 is 1.55 bits per heavy atom. The maximum atomic E-state index is 6.86. The number of furan rings is 1. The fraction of sp³-hybridized carbons (Fsp3) is 0. The molecule has 5 nitrogen and oxygen atoms in total. The Morgan fingerprint density at radius 2 is 0.875 bits per heavy atom. The predicted octanol–water partition coefficient (Wildman–Crippen LogP) is 13.2. The molecule has 56 heavy (non-hydrogen) atoms. The molecule has 0 bridgehead atoms. The molecule has 0 N–H and O–H groups in total. The van der Waals surface area contributed by atoms with Crippen molar-refractivity contribution in [3.05, 3.63) is 194 Å². The molecule has 0 fully saturated rings. The summed E-state index contributed by atoms with van der Waals surface area (Å²) in [6.45, 7) is 0. The molecule has 5 heteroatoms. The van der Waals surface area contributed by atoms with Crippen LogP contribution in [0.5, 0.6) is 0 Å². The van der Waals surface area contributed by atoms with Crippen LogP contribution < -0.4 is 0 Å². The van der Waals surface area contributed by atoms with E-state index in [-0.39, 0.29) is 0 Å². The van der Waals surface area contributed by atoms with E-state index in [1.54, 1.807) is 0 Å². The third-order valence-corrected chi connectivity index (χ3v) is 10.6. The molecule has 11 aromatic rings. The molecule has 8 aromatic carbocycles. The van der Waals surface area contributed by atoms with E-state index in [0.717, 1.165) is 77.6 Å². The molecule has 0 saturated carbocycles. The summed E-state index contributed by atoms with van der Waals surface area (Å²) in [6, 6.07) is 67.4. The Kier molecular flexibility index (Phi) is 7.42. The second kappa shape index (κ2) is 13.0. The van der Waals surface area contributed by atoms with Crippen molar-refractivity contribution >= 4 is 43.7 Å². The van der Waals surface area contributed by atoms with Crippen LogP contribution >= 0.6 is 0 Å². The van der Waals surface area contributed by atoms with Gasteiger partial charge in [-0.2, -0.15) is 0 Å². The van der Waals surface area contributed by atoms with Crippen LogP contribution in [0.3, 0.4) is 0 Å². The normalized spacial score (nSPS) is 11.6. The van der Waals surface area contributed by atoms with Crippen LogP contribution in [0, 0.1) is 0 Å². The zero-order valence-corrected chi connectivity index (χ0v) is 30.2. The van der Waals surface area contributed by atoms with E-state index in [1.807, 2.05) is 54.6 Å². The van der Waals surface area contributed by atoms with Gasteiger partial charge in [0.15, 0.2) is 17.5 Å². The zero-order chi connectivity index (χ0) is 37.0. The third-order valence-electron chi connectivity index (χ3n) is 10.6.